The Balaban J connectivity index is 2.02. The molecule has 0 radical (unpaired) electrons. The molecule has 0 saturated carbocycles. The fraction of sp³-hybridized carbons (Fsp3) is 0.455. The number of carbonyl (C=O) groups excluding carboxylic acids is 1. The number of halogens is 3. The van der Waals surface area contributed by atoms with Crippen LogP contribution >= 0.6 is 0 Å². The Morgan fingerprint density at radius 3 is 2.72 bits per heavy atom. The van der Waals surface area contributed by atoms with Gasteiger partial charge in [-0.05, 0) is 25.1 Å². The molecule has 1 amide bonds. The molecule has 98 valence electrons. The van der Waals surface area contributed by atoms with E-state index in [1.807, 2.05) is 0 Å². The van der Waals surface area contributed by atoms with Crippen molar-refractivity contribution < 1.29 is 18.0 Å². The lowest BCUT2D eigenvalue weighted by molar-refractivity contribution is -0.141. The first kappa shape index (κ1) is 12.8. The molecule has 1 aliphatic rings. The zero-order valence-electron chi connectivity index (χ0n) is 9.42. The molecular weight excluding hydrogens is 247 g/mol. The van der Waals surface area contributed by atoms with Gasteiger partial charge in [-0.3, -0.25) is 9.78 Å². The molecule has 7 heteroatoms. The Kier molecular flexibility index (Phi) is 3.51. The van der Waals surface area contributed by atoms with Crippen molar-refractivity contribution in [3.63, 3.8) is 0 Å². The van der Waals surface area contributed by atoms with Gasteiger partial charge in [-0.1, -0.05) is 0 Å². The summed E-state index contributed by atoms with van der Waals surface area (Å²) < 4.78 is 36.8. The Hall–Kier alpha value is -1.63. The van der Waals surface area contributed by atoms with E-state index in [-0.39, 0.29) is 11.6 Å². The summed E-state index contributed by atoms with van der Waals surface area (Å²) in [6, 6.07) is 1.97. The number of aromatic nitrogens is 1. The van der Waals surface area contributed by atoms with E-state index in [2.05, 4.69) is 15.6 Å². The second-order valence-corrected chi connectivity index (χ2v) is 4.09. The van der Waals surface area contributed by atoms with Crippen molar-refractivity contribution in [2.45, 2.75) is 18.6 Å². The largest absolute Gasteiger partial charge is 0.433 e. The van der Waals surface area contributed by atoms with Gasteiger partial charge in [0.1, 0.15) is 5.69 Å². The minimum absolute atomic E-state index is 0.0276. The molecule has 1 saturated heterocycles. The summed E-state index contributed by atoms with van der Waals surface area (Å²) in [5.41, 5.74) is -0.864. The van der Waals surface area contributed by atoms with Crippen molar-refractivity contribution in [2.75, 3.05) is 13.1 Å². The zero-order chi connectivity index (χ0) is 13.2. The van der Waals surface area contributed by atoms with Crippen molar-refractivity contribution in [1.82, 2.24) is 15.6 Å². The Labute approximate surface area is 102 Å². The fourth-order valence-electron chi connectivity index (χ4n) is 1.74. The lowest BCUT2D eigenvalue weighted by Crippen LogP contribution is -2.36. The monoisotopic (exact) mass is 259 g/mol. The summed E-state index contributed by atoms with van der Waals surface area (Å²) in [5, 5.41) is 5.81. The van der Waals surface area contributed by atoms with Crippen LogP contribution in [-0.2, 0) is 6.18 Å². The molecular formula is C11H12F3N3O. The predicted molar refractivity (Wildman–Crippen MR) is 58.0 cm³/mol. The van der Waals surface area contributed by atoms with Gasteiger partial charge >= 0.3 is 6.18 Å². The maximum absolute atomic E-state index is 12.3. The third-order valence-electron chi connectivity index (χ3n) is 2.71. The molecule has 0 unspecified atom stereocenters. The highest BCUT2D eigenvalue weighted by atomic mass is 19.4. The van der Waals surface area contributed by atoms with Crippen LogP contribution in [0.1, 0.15) is 22.5 Å². The van der Waals surface area contributed by atoms with Crippen LogP contribution in [0.5, 0.6) is 0 Å². The standard InChI is InChI=1S/C11H12F3N3O/c12-11(13,14)9-2-1-7(5-16-9)10(18)17-8-3-4-15-6-8/h1-2,5,8,15H,3-4,6H2,(H,17,18)/t8-/m0/s1. The highest BCUT2D eigenvalue weighted by Gasteiger charge is 2.32. The molecule has 4 nitrogen and oxygen atoms in total. The lowest BCUT2D eigenvalue weighted by atomic mass is 10.2. The second-order valence-electron chi connectivity index (χ2n) is 4.09. The Morgan fingerprint density at radius 1 is 1.44 bits per heavy atom. The van der Waals surface area contributed by atoms with Gasteiger partial charge in [-0.25, -0.2) is 0 Å². The van der Waals surface area contributed by atoms with Crippen molar-refractivity contribution >= 4 is 5.91 Å². The number of alkyl halides is 3. The number of amides is 1. The number of pyridine rings is 1. The predicted octanol–water partition coefficient (Wildman–Crippen LogP) is 1.19. The van der Waals surface area contributed by atoms with Crippen LogP contribution in [0.15, 0.2) is 18.3 Å². The molecule has 0 aromatic carbocycles. The van der Waals surface area contributed by atoms with Gasteiger partial charge in [0, 0.05) is 18.8 Å². The van der Waals surface area contributed by atoms with Gasteiger partial charge in [0.15, 0.2) is 0 Å². The van der Waals surface area contributed by atoms with E-state index in [9.17, 15) is 18.0 Å². The van der Waals surface area contributed by atoms with Crippen molar-refractivity contribution in [2.24, 2.45) is 0 Å². The van der Waals surface area contributed by atoms with Crippen LogP contribution in [-0.4, -0.2) is 30.0 Å². The van der Waals surface area contributed by atoms with Crippen LogP contribution in [0.2, 0.25) is 0 Å². The molecule has 1 aliphatic heterocycles. The summed E-state index contributed by atoms with van der Waals surface area (Å²) in [7, 11) is 0. The van der Waals surface area contributed by atoms with Crippen LogP contribution < -0.4 is 10.6 Å². The Bertz CT molecular complexity index is 424. The van der Waals surface area contributed by atoms with Crippen molar-refractivity contribution in [3.05, 3.63) is 29.6 Å². The van der Waals surface area contributed by atoms with E-state index in [1.54, 1.807) is 0 Å². The number of hydrogen-bond donors (Lipinski definition) is 2. The fourth-order valence-corrected chi connectivity index (χ4v) is 1.74. The molecule has 1 atom stereocenters. The maximum atomic E-state index is 12.3. The van der Waals surface area contributed by atoms with E-state index in [0.29, 0.717) is 6.54 Å². The van der Waals surface area contributed by atoms with Crippen LogP contribution in [0.25, 0.3) is 0 Å². The van der Waals surface area contributed by atoms with E-state index in [0.717, 1.165) is 31.3 Å². The summed E-state index contributed by atoms with van der Waals surface area (Å²) in [5.74, 6) is -0.398. The smallest absolute Gasteiger partial charge is 0.348 e. The highest BCUT2D eigenvalue weighted by molar-refractivity contribution is 5.94. The summed E-state index contributed by atoms with van der Waals surface area (Å²) in [4.78, 5) is 14.9. The average Bonchev–Trinajstić information content (AvgIpc) is 2.81. The maximum Gasteiger partial charge on any atom is 0.433 e. The first-order valence-electron chi connectivity index (χ1n) is 5.51. The average molecular weight is 259 g/mol. The van der Waals surface area contributed by atoms with Crippen molar-refractivity contribution in [3.8, 4) is 0 Å². The number of nitrogens with zero attached hydrogens (tertiary/aromatic N) is 1. The molecule has 0 spiro atoms. The van der Waals surface area contributed by atoms with Crippen LogP contribution in [0.4, 0.5) is 13.2 Å². The normalized spacial score (nSPS) is 19.8. The molecule has 18 heavy (non-hydrogen) atoms. The van der Waals surface area contributed by atoms with E-state index >= 15 is 0 Å². The van der Waals surface area contributed by atoms with E-state index in [4.69, 9.17) is 0 Å². The van der Waals surface area contributed by atoms with Gasteiger partial charge in [0.25, 0.3) is 5.91 Å². The zero-order valence-corrected chi connectivity index (χ0v) is 9.42. The summed E-state index contributed by atoms with van der Waals surface area (Å²) >= 11 is 0. The molecule has 1 fully saturated rings. The highest BCUT2D eigenvalue weighted by Crippen LogP contribution is 2.27. The van der Waals surface area contributed by atoms with Crippen molar-refractivity contribution in [1.29, 1.82) is 0 Å². The van der Waals surface area contributed by atoms with Gasteiger partial charge < -0.3 is 10.6 Å². The molecule has 2 N–H and O–H groups in total. The van der Waals surface area contributed by atoms with E-state index in [1.165, 1.54) is 0 Å². The number of carbonyl (C=O) groups is 1. The molecule has 0 aliphatic carbocycles. The SMILES string of the molecule is O=C(N[C@H]1CCNC1)c1ccc(C(F)(F)F)nc1. The quantitative estimate of drug-likeness (QED) is 0.839. The topological polar surface area (TPSA) is 54.0 Å². The summed E-state index contributed by atoms with van der Waals surface area (Å²) in [6.45, 7) is 1.51. The first-order chi connectivity index (χ1) is 8.47. The third kappa shape index (κ3) is 2.98. The molecule has 0 bridgehead atoms. The molecule has 2 rings (SSSR count). The van der Waals surface area contributed by atoms with Gasteiger partial charge in [0.2, 0.25) is 0 Å². The van der Waals surface area contributed by atoms with Gasteiger partial charge in [-0.2, -0.15) is 13.2 Å². The molecule has 2 heterocycles. The minimum atomic E-state index is -4.48. The molecule has 1 aromatic heterocycles. The molecule has 1 aromatic rings. The lowest BCUT2D eigenvalue weighted by Gasteiger charge is -2.11. The van der Waals surface area contributed by atoms with Crippen LogP contribution in [0, 0.1) is 0 Å². The van der Waals surface area contributed by atoms with E-state index < -0.39 is 17.8 Å². The number of nitrogens with one attached hydrogen (secondary N) is 2. The van der Waals surface area contributed by atoms with Crippen LogP contribution in [0.3, 0.4) is 0 Å². The number of hydrogen-bond acceptors (Lipinski definition) is 3. The van der Waals surface area contributed by atoms with Gasteiger partial charge in [-0.15, -0.1) is 0 Å². The Morgan fingerprint density at radius 2 is 2.22 bits per heavy atom. The second kappa shape index (κ2) is 4.93. The minimum Gasteiger partial charge on any atom is -0.348 e. The number of rotatable bonds is 2. The van der Waals surface area contributed by atoms with Gasteiger partial charge in [0.05, 0.1) is 5.56 Å². The summed E-state index contributed by atoms with van der Waals surface area (Å²) in [6.07, 6.45) is -2.72. The first-order valence-corrected chi connectivity index (χ1v) is 5.51. The third-order valence-corrected chi connectivity index (χ3v) is 2.71.